The summed E-state index contributed by atoms with van der Waals surface area (Å²) >= 11 is 0. The van der Waals surface area contributed by atoms with Crippen molar-refractivity contribution in [3.63, 3.8) is 0 Å². The second kappa shape index (κ2) is 5.84. The van der Waals surface area contributed by atoms with Crippen LogP contribution in [-0.2, 0) is 0 Å². The van der Waals surface area contributed by atoms with Gasteiger partial charge in [0, 0.05) is 24.8 Å². The van der Waals surface area contributed by atoms with E-state index < -0.39 is 6.29 Å². The molecule has 0 spiro atoms. The Morgan fingerprint density at radius 3 is 2.65 bits per heavy atom. The number of piperidine rings is 1. The van der Waals surface area contributed by atoms with Gasteiger partial charge in [-0.05, 0) is 37.8 Å². The number of benzene rings is 1. The second-order valence-corrected chi connectivity index (χ2v) is 5.82. The van der Waals surface area contributed by atoms with E-state index in [0.717, 1.165) is 12.8 Å². The molecule has 0 saturated carbocycles. The Balaban J connectivity index is 1.59. The number of alkyl halides is 2. The monoisotopic (exact) mass is 328 g/mol. The fraction of sp³-hybridized carbons (Fsp3) is 0.533. The summed E-state index contributed by atoms with van der Waals surface area (Å²) in [6.45, 7) is 2.84. The predicted molar refractivity (Wildman–Crippen MR) is 77.6 cm³/mol. The first-order chi connectivity index (χ1) is 10.8. The molecule has 0 aliphatic carbocycles. The molecule has 0 aromatic heterocycles. The lowest BCUT2D eigenvalue weighted by Crippen LogP contribution is -2.42. The summed E-state index contributed by atoms with van der Waals surface area (Å²) in [5.74, 6) is 0.0261. The highest BCUT2D eigenvalue weighted by Gasteiger charge is 2.43. The maximum absolute atomic E-state index is 13.0. The summed E-state index contributed by atoms with van der Waals surface area (Å²) in [4.78, 5) is 13.8. The van der Waals surface area contributed by atoms with Crippen molar-refractivity contribution in [2.75, 3.05) is 18.4 Å². The van der Waals surface area contributed by atoms with Gasteiger partial charge in [-0.15, -0.1) is 8.78 Å². The van der Waals surface area contributed by atoms with Crippen LogP contribution in [0.3, 0.4) is 0 Å². The minimum atomic E-state index is -3.67. The van der Waals surface area contributed by atoms with Crippen molar-refractivity contribution < 1.29 is 28.2 Å². The Kier molecular flexibility index (Phi) is 4.01. The smallest absolute Gasteiger partial charge is 0.395 e. The molecule has 3 rings (SSSR count). The van der Waals surface area contributed by atoms with Crippen LogP contribution in [0.15, 0.2) is 18.2 Å². The van der Waals surface area contributed by atoms with Crippen molar-refractivity contribution in [3.05, 3.63) is 18.2 Å². The second-order valence-electron chi connectivity index (χ2n) is 5.82. The molecule has 23 heavy (non-hydrogen) atoms. The van der Waals surface area contributed by atoms with Crippen LogP contribution in [0.25, 0.3) is 0 Å². The largest absolute Gasteiger partial charge is 0.586 e. The van der Waals surface area contributed by atoms with Crippen LogP contribution < -0.4 is 14.8 Å². The molecule has 0 radical (unpaired) electrons. The number of rotatable bonds is 2. The van der Waals surface area contributed by atoms with Crippen molar-refractivity contribution in [2.45, 2.75) is 32.2 Å². The fourth-order valence-corrected chi connectivity index (χ4v) is 2.81. The summed E-state index contributed by atoms with van der Waals surface area (Å²) in [5, 5.41) is 12.2. The van der Waals surface area contributed by atoms with E-state index in [2.05, 4.69) is 14.8 Å². The van der Waals surface area contributed by atoms with Crippen LogP contribution >= 0.6 is 0 Å². The predicted octanol–water partition coefficient (Wildman–Crippen LogP) is 2.63. The summed E-state index contributed by atoms with van der Waals surface area (Å²) in [7, 11) is 0. The van der Waals surface area contributed by atoms with Crippen LogP contribution in [0, 0.1) is 5.92 Å². The zero-order valence-corrected chi connectivity index (χ0v) is 12.6. The van der Waals surface area contributed by atoms with E-state index >= 15 is 0 Å². The Morgan fingerprint density at radius 2 is 2.00 bits per heavy atom. The number of nitrogens with one attached hydrogen (secondary N) is 1. The Morgan fingerprint density at radius 1 is 1.35 bits per heavy atom. The van der Waals surface area contributed by atoms with Crippen molar-refractivity contribution >= 4 is 11.7 Å². The molecule has 0 bridgehead atoms. The van der Waals surface area contributed by atoms with E-state index in [9.17, 15) is 18.7 Å². The molecule has 1 aromatic carbocycles. The number of aliphatic hydroxyl groups is 1. The number of carbonyl (C=O) groups excluding carboxylic acids is 1. The zero-order valence-electron chi connectivity index (χ0n) is 12.6. The van der Waals surface area contributed by atoms with Gasteiger partial charge in [0.05, 0.1) is 6.10 Å². The molecule has 1 saturated heterocycles. The van der Waals surface area contributed by atoms with Gasteiger partial charge in [0.25, 0.3) is 0 Å². The zero-order chi connectivity index (χ0) is 16.6. The lowest BCUT2D eigenvalue weighted by molar-refractivity contribution is -0.286. The summed E-state index contributed by atoms with van der Waals surface area (Å²) < 4.78 is 34.6. The number of hydrogen-bond donors (Lipinski definition) is 2. The maximum atomic E-state index is 13.0. The highest BCUT2D eigenvalue weighted by molar-refractivity contribution is 5.89. The van der Waals surface area contributed by atoms with Gasteiger partial charge in [0.15, 0.2) is 11.5 Å². The third-order valence-corrected chi connectivity index (χ3v) is 4.16. The van der Waals surface area contributed by atoms with Crippen molar-refractivity contribution in [3.8, 4) is 11.5 Å². The number of urea groups is 1. The van der Waals surface area contributed by atoms with Gasteiger partial charge < -0.3 is 24.8 Å². The van der Waals surface area contributed by atoms with Gasteiger partial charge in [-0.25, -0.2) is 4.79 Å². The highest BCUT2D eigenvalue weighted by Crippen LogP contribution is 2.42. The van der Waals surface area contributed by atoms with E-state index in [-0.39, 0.29) is 29.6 Å². The van der Waals surface area contributed by atoms with Crippen LogP contribution in [0.5, 0.6) is 11.5 Å². The van der Waals surface area contributed by atoms with Gasteiger partial charge in [0.2, 0.25) is 0 Å². The van der Waals surface area contributed by atoms with Gasteiger partial charge in [-0.2, -0.15) is 0 Å². The third kappa shape index (κ3) is 3.47. The van der Waals surface area contributed by atoms with Crippen LogP contribution in [-0.4, -0.2) is 41.5 Å². The lowest BCUT2D eigenvalue weighted by atomic mass is 9.92. The minimum absolute atomic E-state index is 0.0641. The molecular formula is C15H18F2N2O4. The SMILES string of the molecule is C[C@H](O)C1CCN(C(=O)Nc2ccc3c(c2)OC(F)(F)O3)CC1. The molecule has 2 N–H and O–H groups in total. The van der Waals surface area contributed by atoms with E-state index in [1.165, 1.54) is 18.2 Å². The number of ether oxygens (including phenoxy) is 2. The first kappa shape index (κ1) is 15.8. The number of aliphatic hydroxyl groups excluding tert-OH is 1. The minimum Gasteiger partial charge on any atom is -0.395 e. The number of fused-ring (bicyclic) bond motifs is 1. The van der Waals surface area contributed by atoms with E-state index in [0.29, 0.717) is 18.8 Å². The summed E-state index contributed by atoms with van der Waals surface area (Å²) in [5.41, 5.74) is 0.354. The lowest BCUT2D eigenvalue weighted by Gasteiger charge is -2.33. The van der Waals surface area contributed by atoms with Gasteiger partial charge in [0.1, 0.15) is 0 Å². The Bertz CT molecular complexity index is 601. The normalized spacial score (nSPS) is 21.1. The molecular weight excluding hydrogens is 310 g/mol. The van der Waals surface area contributed by atoms with E-state index in [1.807, 2.05) is 0 Å². The summed E-state index contributed by atoms with van der Waals surface area (Å²) in [6, 6.07) is 3.80. The standard InChI is InChI=1S/C15H18F2N2O4/c1-9(20)10-4-6-19(7-5-10)14(21)18-11-2-3-12-13(8-11)23-15(16,17)22-12/h2-3,8-10,20H,4-7H2,1H3,(H,18,21)/t9-/m0/s1. The first-order valence-corrected chi connectivity index (χ1v) is 7.48. The number of amides is 2. The average molecular weight is 328 g/mol. The maximum Gasteiger partial charge on any atom is 0.586 e. The first-order valence-electron chi connectivity index (χ1n) is 7.48. The van der Waals surface area contributed by atoms with Crippen molar-refractivity contribution in [1.29, 1.82) is 0 Å². The number of anilines is 1. The Labute approximate surface area is 132 Å². The number of nitrogens with zero attached hydrogens (tertiary/aromatic N) is 1. The number of likely N-dealkylation sites (tertiary alicyclic amines) is 1. The molecule has 2 heterocycles. The third-order valence-electron chi connectivity index (χ3n) is 4.16. The van der Waals surface area contributed by atoms with Crippen molar-refractivity contribution in [1.82, 2.24) is 4.90 Å². The molecule has 2 aliphatic heterocycles. The molecule has 1 atom stereocenters. The number of hydrogen-bond acceptors (Lipinski definition) is 4. The van der Waals surface area contributed by atoms with Gasteiger partial charge >= 0.3 is 12.3 Å². The van der Waals surface area contributed by atoms with Gasteiger partial charge in [-0.1, -0.05) is 0 Å². The molecule has 0 unspecified atom stereocenters. The highest BCUT2D eigenvalue weighted by atomic mass is 19.3. The van der Waals surface area contributed by atoms with Crippen LogP contribution in [0.2, 0.25) is 0 Å². The van der Waals surface area contributed by atoms with E-state index in [1.54, 1.807) is 11.8 Å². The van der Waals surface area contributed by atoms with Crippen LogP contribution in [0.4, 0.5) is 19.3 Å². The Hall–Kier alpha value is -2.09. The average Bonchev–Trinajstić information content (AvgIpc) is 2.80. The van der Waals surface area contributed by atoms with Crippen molar-refractivity contribution in [2.24, 2.45) is 5.92 Å². The molecule has 2 aliphatic rings. The van der Waals surface area contributed by atoms with Gasteiger partial charge in [-0.3, -0.25) is 0 Å². The molecule has 1 aromatic rings. The van der Waals surface area contributed by atoms with E-state index in [4.69, 9.17) is 0 Å². The molecule has 126 valence electrons. The summed E-state index contributed by atoms with van der Waals surface area (Å²) in [6.07, 6.45) is -2.58. The fourth-order valence-electron chi connectivity index (χ4n) is 2.81. The molecule has 6 nitrogen and oxygen atoms in total. The number of carbonyl (C=O) groups is 1. The topological polar surface area (TPSA) is 71.0 Å². The molecule has 1 fully saturated rings. The van der Waals surface area contributed by atoms with Crippen LogP contribution in [0.1, 0.15) is 19.8 Å². The molecule has 8 heteroatoms. The number of halogens is 2. The molecule has 2 amide bonds. The quantitative estimate of drug-likeness (QED) is 0.875.